The van der Waals surface area contributed by atoms with Crippen LogP contribution in [0, 0.1) is 5.92 Å². The number of hydrogen-bond donors (Lipinski definition) is 2. The number of carbonyl (C=O) groups excluding carboxylic acids is 1. The third-order valence-electron chi connectivity index (χ3n) is 4.08. The van der Waals surface area contributed by atoms with E-state index >= 15 is 0 Å². The summed E-state index contributed by atoms with van der Waals surface area (Å²) < 4.78 is 29.1. The summed E-state index contributed by atoms with van der Waals surface area (Å²) >= 11 is 0. The topological polar surface area (TPSA) is 64.4 Å². The Labute approximate surface area is 129 Å². The maximum absolute atomic E-state index is 12.3. The number of amides is 1. The molecular formula is C16H22F2N2O2. The Morgan fingerprint density at radius 1 is 1.32 bits per heavy atom. The number of halogens is 2. The molecule has 1 amide bonds. The Hall–Kier alpha value is -1.69. The van der Waals surface area contributed by atoms with Crippen LogP contribution in [0.1, 0.15) is 37.7 Å². The van der Waals surface area contributed by atoms with Gasteiger partial charge in [-0.25, -0.2) is 0 Å². The number of para-hydroxylation sites is 1. The molecule has 1 aromatic rings. The lowest BCUT2D eigenvalue weighted by Crippen LogP contribution is -2.37. The summed E-state index contributed by atoms with van der Waals surface area (Å²) in [5, 5.41) is 2.76. The lowest BCUT2D eigenvalue weighted by Gasteiger charge is -2.28. The van der Waals surface area contributed by atoms with E-state index in [9.17, 15) is 13.6 Å². The fourth-order valence-electron chi connectivity index (χ4n) is 2.85. The maximum atomic E-state index is 12.3. The van der Waals surface area contributed by atoms with Crippen LogP contribution in [0.15, 0.2) is 24.3 Å². The van der Waals surface area contributed by atoms with Gasteiger partial charge in [0.15, 0.2) is 0 Å². The van der Waals surface area contributed by atoms with Crippen LogP contribution in [-0.2, 0) is 11.3 Å². The molecule has 1 fully saturated rings. The van der Waals surface area contributed by atoms with Crippen LogP contribution in [0.25, 0.3) is 0 Å². The van der Waals surface area contributed by atoms with Crippen LogP contribution >= 0.6 is 0 Å². The van der Waals surface area contributed by atoms with Gasteiger partial charge in [0.1, 0.15) is 5.75 Å². The lowest BCUT2D eigenvalue weighted by atomic mass is 9.83. The Morgan fingerprint density at radius 3 is 2.77 bits per heavy atom. The normalized spacial score (nSPS) is 21.6. The van der Waals surface area contributed by atoms with Gasteiger partial charge in [-0.3, -0.25) is 4.79 Å². The molecule has 0 aromatic heterocycles. The van der Waals surface area contributed by atoms with Gasteiger partial charge < -0.3 is 15.8 Å². The third-order valence-corrected chi connectivity index (χ3v) is 4.08. The summed E-state index contributed by atoms with van der Waals surface area (Å²) in [6, 6.07) is 6.53. The second-order valence-corrected chi connectivity index (χ2v) is 5.68. The summed E-state index contributed by atoms with van der Waals surface area (Å²) in [6.45, 7) is -2.71. The largest absolute Gasteiger partial charge is 0.434 e. The fraction of sp³-hybridized carbons (Fsp3) is 0.562. The van der Waals surface area contributed by atoms with Crippen LogP contribution in [0.2, 0.25) is 0 Å². The zero-order valence-corrected chi connectivity index (χ0v) is 12.4. The summed E-state index contributed by atoms with van der Waals surface area (Å²) in [5.74, 6) is 0.197. The Bertz CT molecular complexity index is 497. The molecule has 2 rings (SSSR count). The van der Waals surface area contributed by atoms with E-state index in [0.717, 1.165) is 25.7 Å². The van der Waals surface area contributed by atoms with Crippen molar-refractivity contribution in [3.8, 4) is 5.75 Å². The fourth-order valence-corrected chi connectivity index (χ4v) is 2.85. The van der Waals surface area contributed by atoms with E-state index < -0.39 is 6.61 Å². The standard InChI is InChI=1S/C16H22F2N2O2/c17-16(18)22-14-8-4-2-6-12(14)10-20-15(21)9-11-5-1-3-7-13(11)19/h2,4,6,8,11,13,16H,1,3,5,7,9-10,19H2,(H,20,21). The number of alkyl halides is 2. The summed E-state index contributed by atoms with van der Waals surface area (Å²) in [7, 11) is 0. The molecule has 2 unspecified atom stereocenters. The minimum absolute atomic E-state index is 0.0777. The highest BCUT2D eigenvalue weighted by Crippen LogP contribution is 2.25. The van der Waals surface area contributed by atoms with Crippen LogP contribution in [-0.4, -0.2) is 18.6 Å². The number of benzene rings is 1. The molecule has 22 heavy (non-hydrogen) atoms. The van der Waals surface area contributed by atoms with Gasteiger partial charge in [-0.2, -0.15) is 8.78 Å². The molecule has 1 aliphatic carbocycles. The molecular weight excluding hydrogens is 290 g/mol. The van der Waals surface area contributed by atoms with Crippen molar-refractivity contribution in [1.29, 1.82) is 0 Å². The van der Waals surface area contributed by atoms with Gasteiger partial charge in [-0.15, -0.1) is 0 Å². The van der Waals surface area contributed by atoms with Crippen LogP contribution in [0.3, 0.4) is 0 Å². The molecule has 0 bridgehead atoms. The van der Waals surface area contributed by atoms with Crippen molar-refractivity contribution in [2.75, 3.05) is 0 Å². The Morgan fingerprint density at radius 2 is 2.05 bits per heavy atom. The van der Waals surface area contributed by atoms with Gasteiger partial charge in [0.2, 0.25) is 5.91 Å². The molecule has 2 atom stereocenters. The molecule has 1 saturated carbocycles. The number of carbonyl (C=O) groups is 1. The molecule has 0 spiro atoms. The van der Waals surface area contributed by atoms with Crippen molar-refractivity contribution in [2.45, 2.75) is 51.3 Å². The van der Waals surface area contributed by atoms with Crippen LogP contribution < -0.4 is 15.8 Å². The van der Waals surface area contributed by atoms with E-state index in [1.54, 1.807) is 18.2 Å². The number of hydrogen-bond acceptors (Lipinski definition) is 3. The summed E-state index contributed by atoms with van der Waals surface area (Å²) in [5.41, 5.74) is 6.56. The Kier molecular flexibility index (Phi) is 6.12. The molecule has 0 saturated heterocycles. The first-order chi connectivity index (χ1) is 10.6. The van der Waals surface area contributed by atoms with Gasteiger partial charge in [-0.05, 0) is 24.8 Å². The van der Waals surface area contributed by atoms with Gasteiger partial charge in [0.05, 0.1) is 0 Å². The predicted molar refractivity (Wildman–Crippen MR) is 79.5 cm³/mol. The van der Waals surface area contributed by atoms with Gasteiger partial charge in [-0.1, -0.05) is 31.0 Å². The van der Waals surface area contributed by atoms with E-state index in [1.165, 1.54) is 6.07 Å². The first-order valence-electron chi connectivity index (χ1n) is 7.61. The first kappa shape index (κ1) is 16.7. The highest BCUT2D eigenvalue weighted by molar-refractivity contribution is 5.76. The van der Waals surface area contributed by atoms with E-state index in [4.69, 9.17) is 5.73 Å². The smallest absolute Gasteiger partial charge is 0.387 e. The minimum Gasteiger partial charge on any atom is -0.434 e. The number of nitrogens with two attached hydrogens (primary N) is 1. The first-order valence-corrected chi connectivity index (χ1v) is 7.61. The highest BCUT2D eigenvalue weighted by Gasteiger charge is 2.24. The molecule has 1 aromatic carbocycles. The molecule has 6 heteroatoms. The van der Waals surface area contributed by atoms with Gasteiger partial charge in [0.25, 0.3) is 0 Å². The minimum atomic E-state index is -2.88. The lowest BCUT2D eigenvalue weighted by molar-refractivity contribution is -0.122. The molecule has 3 N–H and O–H groups in total. The molecule has 122 valence electrons. The Balaban J connectivity index is 1.85. The zero-order valence-electron chi connectivity index (χ0n) is 12.4. The predicted octanol–water partition coefficient (Wildman–Crippen LogP) is 2.81. The van der Waals surface area contributed by atoms with E-state index in [-0.39, 0.29) is 30.2 Å². The summed E-state index contributed by atoms with van der Waals surface area (Å²) in [4.78, 5) is 12.0. The van der Waals surface area contributed by atoms with Crippen LogP contribution in [0.5, 0.6) is 5.75 Å². The maximum Gasteiger partial charge on any atom is 0.387 e. The number of ether oxygens (including phenoxy) is 1. The van der Waals surface area contributed by atoms with Crippen molar-refractivity contribution >= 4 is 5.91 Å². The third kappa shape index (κ3) is 4.94. The van der Waals surface area contributed by atoms with Crippen molar-refractivity contribution in [3.05, 3.63) is 29.8 Å². The van der Waals surface area contributed by atoms with Crippen molar-refractivity contribution in [1.82, 2.24) is 5.32 Å². The monoisotopic (exact) mass is 312 g/mol. The second-order valence-electron chi connectivity index (χ2n) is 5.68. The summed E-state index contributed by atoms with van der Waals surface area (Å²) in [6.07, 6.45) is 4.55. The van der Waals surface area contributed by atoms with E-state index in [0.29, 0.717) is 12.0 Å². The van der Waals surface area contributed by atoms with Crippen molar-refractivity contribution < 1.29 is 18.3 Å². The quantitative estimate of drug-likeness (QED) is 0.849. The number of nitrogens with one attached hydrogen (secondary N) is 1. The van der Waals surface area contributed by atoms with Crippen molar-refractivity contribution in [3.63, 3.8) is 0 Å². The van der Waals surface area contributed by atoms with E-state index in [2.05, 4.69) is 10.1 Å². The second kappa shape index (κ2) is 8.08. The van der Waals surface area contributed by atoms with Gasteiger partial charge >= 0.3 is 6.61 Å². The van der Waals surface area contributed by atoms with Crippen LogP contribution in [0.4, 0.5) is 8.78 Å². The molecule has 4 nitrogen and oxygen atoms in total. The average molecular weight is 312 g/mol. The van der Waals surface area contributed by atoms with Gasteiger partial charge in [0, 0.05) is 24.6 Å². The number of rotatable bonds is 6. The molecule has 0 aliphatic heterocycles. The van der Waals surface area contributed by atoms with E-state index in [1.807, 2.05) is 0 Å². The zero-order chi connectivity index (χ0) is 15.9. The SMILES string of the molecule is NC1CCCCC1CC(=O)NCc1ccccc1OC(F)F. The highest BCUT2D eigenvalue weighted by atomic mass is 19.3. The van der Waals surface area contributed by atoms with Crippen molar-refractivity contribution in [2.24, 2.45) is 11.7 Å². The molecule has 1 aliphatic rings. The molecule has 0 heterocycles. The average Bonchev–Trinajstić information content (AvgIpc) is 2.48. The molecule has 0 radical (unpaired) electrons.